The van der Waals surface area contributed by atoms with Crippen molar-refractivity contribution in [2.24, 2.45) is 5.73 Å². The molecule has 1 aromatic rings. The highest BCUT2D eigenvalue weighted by Crippen LogP contribution is 2.28. The number of primary amides is 1. The average molecular weight is 207 g/mol. The lowest BCUT2D eigenvalue weighted by atomic mass is 10.0. The Morgan fingerprint density at radius 3 is 2.33 bits per heavy atom. The zero-order valence-corrected chi connectivity index (χ0v) is 8.40. The molecule has 0 heterocycles. The van der Waals surface area contributed by atoms with E-state index < -0.39 is 5.91 Å². The Labute approximate surface area is 87.7 Å². The van der Waals surface area contributed by atoms with E-state index in [0.29, 0.717) is 11.1 Å². The van der Waals surface area contributed by atoms with Crippen molar-refractivity contribution in [2.45, 2.75) is 13.3 Å². The molecule has 0 aliphatic heterocycles. The first-order valence-corrected chi connectivity index (χ1v) is 4.51. The van der Waals surface area contributed by atoms with Crippen molar-refractivity contribution in [3.63, 3.8) is 0 Å². The molecule has 4 nitrogen and oxygen atoms in total. The van der Waals surface area contributed by atoms with Gasteiger partial charge in [0.15, 0.2) is 0 Å². The summed E-state index contributed by atoms with van der Waals surface area (Å²) in [6, 6.07) is 4.42. The third-order valence-electron chi connectivity index (χ3n) is 2.16. The van der Waals surface area contributed by atoms with Crippen LogP contribution in [-0.4, -0.2) is 16.1 Å². The molecule has 1 rings (SSSR count). The molecular weight excluding hydrogens is 194 g/mol. The van der Waals surface area contributed by atoms with E-state index in [1.54, 1.807) is 13.0 Å². The SMILES string of the molecule is C/C=C(/Cc1c(O)cccc1O)C(N)=O. The highest BCUT2D eigenvalue weighted by Gasteiger charge is 2.11. The fourth-order valence-electron chi connectivity index (χ4n) is 1.27. The molecule has 0 fully saturated rings. The van der Waals surface area contributed by atoms with Crippen molar-refractivity contribution in [3.8, 4) is 11.5 Å². The normalized spacial score (nSPS) is 11.4. The van der Waals surface area contributed by atoms with E-state index in [9.17, 15) is 15.0 Å². The third-order valence-corrected chi connectivity index (χ3v) is 2.16. The molecule has 0 aromatic heterocycles. The van der Waals surface area contributed by atoms with Crippen molar-refractivity contribution in [3.05, 3.63) is 35.4 Å². The van der Waals surface area contributed by atoms with Crippen LogP contribution in [0.5, 0.6) is 11.5 Å². The molecule has 0 spiro atoms. The summed E-state index contributed by atoms with van der Waals surface area (Å²) in [7, 11) is 0. The Morgan fingerprint density at radius 2 is 1.93 bits per heavy atom. The van der Waals surface area contributed by atoms with Gasteiger partial charge in [0.1, 0.15) is 11.5 Å². The molecule has 0 aliphatic rings. The number of hydrogen-bond donors (Lipinski definition) is 3. The highest BCUT2D eigenvalue weighted by atomic mass is 16.3. The first kappa shape index (κ1) is 11.1. The number of amides is 1. The summed E-state index contributed by atoms with van der Waals surface area (Å²) in [5, 5.41) is 19.0. The number of benzene rings is 1. The maximum Gasteiger partial charge on any atom is 0.244 e. The number of carbonyl (C=O) groups excluding carboxylic acids is 1. The first-order valence-electron chi connectivity index (χ1n) is 4.51. The number of aromatic hydroxyl groups is 2. The second kappa shape index (κ2) is 4.50. The Bertz CT molecular complexity index is 390. The molecule has 4 heteroatoms. The van der Waals surface area contributed by atoms with Crippen molar-refractivity contribution in [1.82, 2.24) is 0 Å². The van der Waals surface area contributed by atoms with E-state index in [2.05, 4.69) is 0 Å². The van der Waals surface area contributed by atoms with Crippen LogP contribution in [0.15, 0.2) is 29.8 Å². The number of phenols is 2. The van der Waals surface area contributed by atoms with Gasteiger partial charge in [0.25, 0.3) is 0 Å². The van der Waals surface area contributed by atoms with Crippen LogP contribution in [-0.2, 0) is 11.2 Å². The van der Waals surface area contributed by atoms with Crippen LogP contribution in [0.2, 0.25) is 0 Å². The maximum atomic E-state index is 10.9. The summed E-state index contributed by atoms with van der Waals surface area (Å²) < 4.78 is 0. The molecule has 1 amide bonds. The zero-order chi connectivity index (χ0) is 11.4. The van der Waals surface area contributed by atoms with Crippen molar-refractivity contribution < 1.29 is 15.0 Å². The van der Waals surface area contributed by atoms with E-state index in [0.717, 1.165) is 0 Å². The molecule has 0 saturated carbocycles. The summed E-state index contributed by atoms with van der Waals surface area (Å²) in [5.74, 6) is -0.647. The molecule has 0 bridgehead atoms. The summed E-state index contributed by atoms with van der Waals surface area (Å²) in [6.07, 6.45) is 1.69. The van der Waals surface area contributed by atoms with Gasteiger partial charge in [0.2, 0.25) is 5.91 Å². The quantitative estimate of drug-likeness (QED) is 0.648. The lowest BCUT2D eigenvalue weighted by Crippen LogP contribution is -2.15. The van der Waals surface area contributed by atoms with Gasteiger partial charge in [-0.15, -0.1) is 0 Å². The minimum Gasteiger partial charge on any atom is -0.508 e. The van der Waals surface area contributed by atoms with Crippen molar-refractivity contribution in [2.75, 3.05) is 0 Å². The number of allylic oxidation sites excluding steroid dienone is 1. The molecular formula is C11H13NO3. The molecule has 0 radical (unpaired) electrons. The number of hydrogen-bond acceptors (Lipinski definition) is 3. The minimum absolute atomic E-state index is 0.0457. The fourth-order valence-corrected chi connectivity index (χ4v) is 1.27. The van der Waals surface area contributed by atoms with E-state index in [1.807, 2.05) is 0 Å². The molecule has 0 aliphatic carbocycles. The Kier molecular flexibility index (Phi) is 3.33. The van der Waals surface area contributed by atoms with Crippen LogP contribution >= 0.6 is 0 Å². The third kappa shape index (κ3) is 2.49. The first-order chi connectivity index (χ1) is 7.06. The Morgan fingerprint density at radius 1 is 1.40 bits per heavy atom. The summed E-state index contributed by atoms with van der Waals surface area (Å²) >= 11 is 0. The number of carbonyl (C=O) groups is 1. The largest absolute Gasteiger partial charge is 0.508 e. The molecule has 4 N–H and O–H groups in total. The Hall–Kier alpha value is -1.97. The average Bonchev–Trinajstić information content (AvgIpc) is 2.17. The van der Waals surface area contributed by atoms with Crippen LogP contribution < -0.4 is 5.73 Å². The fraction of sp³-hybridized carbons (Fsp3) is 0.182. The maximum absolute atomic E-state index is 10.9. The van der Waals surface area contributed by atoms with Gasteiger partial charge in [0, 0.05) is 17.6 Å². The highest BCUT2D eigenvalue weighted by molar-refractivity contribution is 5.92. The molecule has 0 saturated heterocycles. The van der Waals surface area contributed by atoms with Crippen LogP contribution in [0.25, 0.3) is 0 Å². The summed E-state index contributed by atoms with van der Waals surface area (Å²) in [6.45, 7) is 1.68. The lowest BCUT2D eigenvalue weighted by molar-refractivity contribution is -0.114. The van der Waals surface area contributed by atoms with Crippen LogP contribution in [0.3, 0.4) is 0 Å². The predicted octanol–water partition coefficient (Wildman–Crippen LogP) is 1.07. The van der Waals surface area contributed by atoms with Crippen molar-refractivity contribution >= 4 is 5.91 Å². The Balaban J connectivity index is 3.04. The topological polar surface area (TPSA) is 83.6 Å². The monoisotopic (exact) mass is 207 g/mol. The second-order valence-corrected chi connectivity index (χ2v) is 3.13. The molecule has 15 heavy (non-hydrogen) atoms. The van der Waals surface area contributed by atoms with E-state index in [-0.39, 0.29) is 17.9 Å². The zero-order valence-electron chi connectivity index (χ0n) is 8.40. The van der Waals surface area contributed by atoms with Gasteiger partial charge in [-0.25, -0.2) is 0 Å². The number of rotatable bonds is 3. The summed E-state index contributed by atoms with van der Waals surface area (Å²) in [5.41, 5.74) is 5.79. The van der Waals surface area contributed by atoms with Gasteiger partial charge in [-0.05, 0) is 19.1 Å². The van der Waals surface area contributed by atoms with Crippen LogP contribution in [0, 0.1) is 0 Å². The standard InChI is InChI=1S/C11H13NO3/c1-2-7(11(12)15)6-8-9(13)4-3-5-10(8)14/h2-5,13-14H,6H2,1H3,(H2,12,15)/b7-2-. The predicted molar refractivity (Wildman–Crippen MR) is 56.4 cm³/mol. The number of nitrogens with two attached hydrogens (primary N) is 1. The molecule has 80 valence electrons. The van der Waals surface area contributed by atoms with Gasteiger partial charge in [0.05, 0.1) is 0 Å². The van der Waals surface area contributed by atoms with Gasteiger partial charge >= 0.3 is 0 Å². The van der Waals surface area contributed by atoms with Gasteiger partial charge in [-0.3, -0.25) is 4.79 Å². The minimum atomic E-state index is -0.555. The van der Waals surface area contributed by atoms with E-state index in [1.165, 1.54) is 18.2 Å². The van der Waals surface area contributed by atoms with Gasteiger partial charge < -0.3 is 15.9 Å². The van der Waals surface area contributed by atoms with E-state index in [4.69, 9.17) is 5.73 Å². The lowest BCUT2D eigenvalue weighted by Gasteiger charge is -2.07. The second-order valence-electron chi connectivity index (χ2n) is 3.13. The molecule has 1 aromatic carbocycles. The molecule has 0 unspecified atom stereocenters. The van der Waals surface area contributed by atoms with Gasteiger partial charge in [-0.1, -0.05) is 12.1 Å². The van der Waals surface area contributed by atoms with Crippen LogP contribution in [0.1, 0.15) is 12.5 Å². The van der Waals surface area contributed by atoms with Gasteiger partial charge in [-0.2, -0.15) is 0 Å². The van der Waals surface area contributed by atoms with Crippen molar-refractivity contribution in [1.29, 1.82) is 0 Å². The van der Waals surface area contributed by atoms with Crippen LogP contribution in [0.4, 0.5) is 0 Å². The van der Waals surface area contributed by atoms with E-state index >= 15 is 0 Å². The summed E-state index contributed by atoms with van der Waals surface area (Å²) in [4.78, 5) is 10.9. The smallest absolute Gasteiger partial charge is 0.244 e. The number of phenolic OH excluding ortho intramolecular Hbond substituents is 2. The molecule has 0 atom stereocenters.